The van der Waals surface area contributed by atoms with Crippen LogP contribution in [-0.4, -0.2) is 19.8 Å². The van der Waals surface area contributed by atoms with Crippen molar-refractivity contribution in [3.8, 4) is 0 Å². The molecule has 8 heteroatoms. The first-order valence-electron chi connectivity index (χ1n) is 10.7. The Kier molecular flexibility index (Phi) is 34.1. The zero-order valence-electron chi connectivity index (χ0n) is 19.1. The van der Waals surface area contributed by atoms with Gasteiger partial charge in [0.25, 0.3) is 0 Å². The summed E-state index contributed by atoms with van der Waals surface area (Å²) in [4.78, 5) is 20.5. The van der Waals surface area contributed by atoms with Crippen molar-refractivity contribution in [3.05, 3.63) is 0 Å². The molecular weight excluding hydrogens is 429 g/mol. The second-order valence-electron chi connectivity index (χ2n) is 7.67. The van der Waals surface area contributed by atoms with Crippen molar-refractivity contribution in [3.63, 3.8) is 0 Å². The van der Waals surface area contributed by atoms with Crippen molar-refractivity contribution in [2.24, 2.45) is 5.92 Å². The van der Waals surface area contributed by atoms with Crippen molar-refractivity contribution >= 4 is 7.82 Å². The summed E-state index contributed by atoms with van der Waals surface area (Å²) in [6, 6.07) is 0. The van der Waals surface area contributed by atoms with E-state index in [-0.39, 0.29) is 109 Å². The predicted octanol–water partition coefficient (Wildman–Crippen LogP) is -1.03. The van der Waals surface area contributed by atoms with Gasteiger partial charge in [0.15, 0.2) is 0 Å². The molecule has 0 atom stereocenters. The Bertz CT molecular complexity index is 341. The van der Waals surface area contributed by atoms with E-state index in [0.717, 1.165) is 32.0 Å². The molecular formula is C20H41K2O5P. The number of hydrogen-bond donors (Lipinski definition) is 0. The van der Waals surface area contributed by atoms with Crippen LogP contribution in [-0.2, 0) is 13.8 Å². The minimum atomic E-state index is -4.77. The smallest absolute Gasteiger partial charge is 0.790 e. The van der Waals surface area contributed by atoms with E-state index in [4.69, 9.17) is 4.74 Å². The van der Waals surface area contributed by atoms with E-state index in [2.05, 4.69) is 18.4 Å². The van der Waals surface area contributed by atoms with Gasteiger partial charge in [-0.2, -0.15) is 0 Å². The first-order chi connectivity index (χ1) is 12.4. The van der Waals surface area contributed by atoms with E-state index in [1.54, 1.807) is 0 Å². The fraction of sp³-hybridized carbons (Fsp3) is 1.00. The van der Waals surface area contributed by atoms with Crippen LogP contribution in [0.1, 0.15) is 104 Å². The van der Waals surface area contributed by atoms with Crippen molar-refractivity contribution in [2.45, 2.75) is 104 Å². The summed E-state index contributed by atoms with van der Waals surface area (Å²) < 4.78 is 20.1. The van der Waals surface area contributed by atoms with Gasteiger partial charge in [0.05, 0.1) is 14.4 Å². The van der Waals surface area contributed by atoms with Crippen LogP contribution in [0.15, 0.2) is 0 Å². The Morgan fingerprint density at radius 3 is 1.39 bits per heavy atom. The summed E-state index contributed by atoms with van der Waals surface area (Å²) in [6.45, 7) is 6.42. The normalized spacial score (nSPS) is 11.3. The van der Waals surface area contributed by atoms with Gasteiger partial charge in [0.1, 0.15) is 0 Å². The molecule has 0 heterocycles. The summed E-state index contributed by atoms with van der Waals surface area (Å²) in [6.07, 6.45) is 16.5. The largest absolute Gasteiger partial charge is 1.00 e. The Morgan fingerprint density at radius 2 is 1.00 bits per heavy atom. The quantitative estimate of drug-likeness (QED) is 0.129. The van der Waals surface area contributed by atoms with Gasteiger partial charge in [-0.05, 0) is 25.2 Å². The Morgan fingerprint density at radius 1 is 0.643 bits per heavy atom. The average molecular weight is 471 g/mol. The molecule has 28 heavy (non-hydrogen) atoms. The van der Waals surface area contributed by atoms with Gasteiger partial charge in [-0.3, -0.25) is 0 Å². The molecule has 0 amide bonds. The number of rotatable bonds is 20. The molecule has 0 aromatic heterocycles. The maximum absolute atomic E-state index is 10.3. The zero-order valence-corrected chi connectivity index (χ0v) is 26.2. The monoisotopic (exact) mass is 470 g/mol. The van der Waals surface area contributed by atoms with E-state index in [9.17, 15) is 14.4 Å². The maximum atomic E-state index is 10.3. The molecule has 0 spiro atoms. The molecule has 0 unspecified atom stereocenters. The molecule has 0 aliphatic carbocycles. The fourth-order valence-electron chi connectivity index (χ4n) is 2.93. The van der Waals surface area contributed by atoms with Crippen molar-refractivity contribution in [1.82, 2.24) is 0 Å². The van der Waals surface area contributed by atoms with Crippen LogP contribution in [0, 0.1) is 5.92 Å². The summed E-state index contributed by atoms with van der Waals surface area (Å²) in [5.74, 6) is 0.821. The van der Waals surface area contributed by atoms with Crippen LogP contribution < -0.4 is 113 Å². The zero-order chi connectivity index (χ0) is 19.5. The third-order valence-electron chi connectivity index (χ3n) is 4.50. The van der Waals surface area contributed by atoms with Crippen LogP contribution in [0.25, 0.3) is 0 Å². The topological polar surface area (TPSA) is 81.7 Å². The van der Waals surface area contributed by atoms with Crippen LogP contribution in [0.3, 0.4) is 0 Å². The third kappa shape index (κ3) is 34.0. The number of hydrogen-bond acceptors (Lipinski definition) is 5. The van der Waals surface area contributed by atoms with Crippen LogP contribution in [0.4, 0.5) is 0 Å². The minimum Gasteiger partial charge on any atom is -0.790 e. The average Bonchev–Trinajstić information content (AvgIpc) is 2.55. The molecule has 5 nitrogen and oxygen atoms in total. The standard InChI is InChI=1S/C20H43O5P.2K/c1-20(2)16-12-11-14-18-24-17-13-9-7-5-3-4-6-8-10-15-19-25-26(21,22)23;;/h20H,3-19H2,1-2H3,(H2,21,22,23);;/q;2*+1/p-2. The van der Waals surface area contributed by atoms with Crippen LogP contribution in [0.2, 0.25) is 0 Å². The first-order valence-corrected chi connectivity index (χ1v) is 12.1. The number of phosphoric ester groups is 1. The summed E-state index contributed by atoms with van der Waals surface area (Å²) in [5, 5.41) is 0. The molecule has 158 valence electrons. The Labute approximate surface area is 259 Å². The summed E-state index contributed by atoms with van der Waals surface area (Å²) in [5.41, 5.74) is 0. The van der Waals surface area contributed by atoms with E-state index in [0.29, 0.717) is 6.42 Å². The van der Waals surface area contributed by atoms with Crippen molar-refractivity contribution in [1.29, 1.82) is 0 Å². The van der Waals surface area contributed by atoms with Crippen molar-refractivity contribution in [2.75, 3.05) is 19.8 Å². The van der Waals surface area contributed by atoms with Crippen LogP contribution >= 0.6 is 7.82 Å². The number of ether oxygens (including phenoxy) is 1. The van der Waals surface area contributed by atoms with E-state index in [1.165, 1.54) is 70.6 Å². The first kappa shape index (κ1) is 35.9. The molecule has 0 radical (unpaired) electrons. The second-order valence-corrected chi connectivity index (χ2v) is 8.82. The van der Waals surface area contributed by atoms with Gasteiger partial charge in [-0.15, -0.1) is 0 Å². The molecule has 0 aromatic rings. The molecule has 0 fully saturated rings. The fourth-order valence-corrected chi connectivity index (χ4v) is 3.29. The number of unbranched alkanes of at least 4 members (excludes halogenated alkanes) is 11. The van der Waals surface area contributed by atoms with Gasteiger partial charge in [-0.25, -0.2) is 0 Å². The summed E-state index contributed by atoms with van der Waals surface area (Å²) in [7, 11) is -4.77. The minimum absolute atomic E-state index is 0. The van der Waals surface area contributed by atoms with E-state index >= 15 is 0 Å². The maximum Gasteiger partial charge on any atom is 1.00 e. The Balaban J connectivity index is -0.00000312. The molecule has 0 saturated carbocycles. The molecule has 0 aromatic carbocycles. The third-order valence-corrected chi connectivity index (χ3v) is 5.00. The van der Waals surface area contributed by atoms with Gasteiger partial charge in [0.2, 0.25) is 0 Å². The van der Waals surface area contributed by atoms with E-state index < -0.39 is 7.82 Å². The van der Waals surface area contributed by atoms with Gasteiger partial charge in [-0.1, -0.05) is 84.5 Å². The SMILES string of the molecule is CC(C)CCCCCOCCCCCCCCCCCCOP(=O)([O-])[O-].[K+].[K+]. The van der Waals surface area contributed by atoms with Crippen LogP contribution in [0.5, 0.6) is 0 Å². The molecule has 0 saturated heterocycles. The van der Waals surface area contributed by atoms with Gasteiger partial charge < -0.3 is 23.6 Å². The molecule has 0 bridgehead atoms. The van der Waals surface area contributed by atoms with Gasteiger partial charge >= 0.3 is 103 Å². The van der Waals surface area contributed by atoms with Gasteiger partial charge in [0, 0.05) is 13.2 Å². The summed E-state index contributed by atoms with van der Waals surface area (Å²) >= 11 is 0. The van der Waals surface area contributed by atoms with E-state index in [1.807, 2.05) is 0 Å². The number of phosphoric acid groups is 1. The molecule has 0 rings (SSSR count). The second kappa shape index (κ2) is 26.6. The molecule has 0 aliphatic rings. The predicted molar refractivity (Wildman–Crippen MR) is 104 cm³/mol. The van der Waals surface area contributed by atoms with Crippen molar-refractivity contribution < 1.29 is 126 Å². The Hall–Kier alpha value is 3.34. The molecule has 0 N–H and O–H groups in total. The molecule has 0 aliphatic heterocycles.